The SMILES string of the molecule is C[C@H]1CN(C(=O)c2cc(F)cc(N3CC[NH2+]CC3)c2)CCN1C(=O)c1ccc(O[C@H]2CC[NH2+]C2)c(-c2ccc(F)cc2)c1. The minimum atomic E-state index is -0.423. The van der Waals surface area contributed by atoms with Gasteiger partial charge in [-0.05, 0) is 61.0 Å². The molecule has 43 heavy (non-hydrogen) atoms. The fourth-order valence-corrected chi connectivity index (χ4v) is 6.31. The number of halogens is 2. The summed E-state index contributed by atoms with van der Waals surface area (Å²) in [6.45, 7) is 8.36. The number of nitrogens with zero attached hydrogens (tertiary/aromatic N) is 3. The van der Waals surface area contributed by atoms with E-state index in [-0.39, 0.29) is 29.8 Å². The van der Waals surface area contributed by atoms with E-state index in [1.807, 2.05) is 19.1 Å². The van der Waals surface area contributed by atoms with Crippen LogP contribution < -0.4 is 20.3 Å². The third kappa shape index (κ3) is 6.50. The van der Waals surface area contributed by atoms with Gasteiger partial charge in [0.25, 0.3) is 11.8 Å². The average Bonchev–Trinajstić information content (AvgIpc) is 3.54. The van der Waals surface area contributed by atoms with Crippen molar-refractivity contribution >= 4 is 17.5 Å². The van der Waals surface area contributed by atoms with Crippen LogP contribution in [0.1, 0.15) is 34.1 Å². The number of amides is 2. The quantitative estimate of drug-likeness (QED) is 0.457. The van der Waals surface area contributed by atoms with Crippen LogP contribution in [0.25, 0.3) is 11.1 Å². The molecule has 3 aromatic carbocycles. The molecular weight excluding hydrogens is 552 g/mol. The van der Waals surface area contributed by atoms with Crippen LogP contribution in [0.2, 0.25) is 0 Å². The van der Waals surface area contributed by atoms with Gasteiger partial charge in [0.1, 0.15) is 23.9 Å². The highest BCUT2D eigenvalue weighted by molar-refractivity contribution is 5.98. The molecule has 3 aliphatic heterocycles. The molecule has 10 heteroatoms. The van der Waals surface area contributed by atoms with E-state index >= 15 is 0 Å². The molecule has 0 radical (unpaired) electrons. The Morgan fingerprint density at radius 3 is 2.33 bits per heavy atom. The predicted octanol–water partition coefficient (Wildman–Crippen LogP) is 1.72. The van der Waals surface area contributed by atoms with E-state index in [1.165, 1.54) is 24.3 Å². The fraction of sp³-hybridized carbons (Fsp3) is 0.394. The van der Waals surface area contributed by atoms with Crippen LogP contribution >= 0.6 is 0 Å². The molecule has 0 saturated carbocycles. The normalized spacial score (nSPS) is 20.8. The highest BCUT2D eigenvalue weighted by Crippen LogP contribution is 2.33. The number of rotatable bonds is 6. The Morgan fingerprint density at radius 2 is 1.60 bits per heavy atom. The zero-order valence-corrected chi connectivity index (χ0v) is 24.5. The molecule has 2 amide bonds. The molecule has 226 valence electrons. The molecule has 6 rings (SSSR count). The maximum Gasteiger partial charge on any atom is 0.254 e. The summed E-state index contributed by atoms with van der Waals surface area (Å²) in [5.41, 5.74) is 3.08. The Balaban J connectivity index is 1.18. The minimum Gasteiger partial charge on any atom is -0.484 e. The first-order valence-electron chi connectivity index (χ1n) is 15.2. The summed E-state index contributed by atoms with van der Waals surface area (Å²) >= 11 is 0. The Bertz CT molecular complexity index is 1470. The van der Waals surface area contributed by atoms with E-state index in [0.29, 0.717) is 36.5 Å². The van der Waals surface area contributed by atoms with Gasteiger partial charge in [-0.3, -0.25) is 9.59 Å². The molecule has 0 bridgehead atoms. The van der Waals surface area contributed by atoms with Gasteiger partial charge in [-0.1, -0.05) is 12.1 Å². The van der Waals surface area contributed by atoms with E-state index in [4.69, 9.17) is 4.74 Å². The van der Waals surface area contributed by atoms with Crippen molar-refractivity contribution < 1.29 is 33.7 Å². The van der Waals surface area contributed by atoms with E-state index in [2.05, 4.69) is 15.5 Å². The van der Waals surface area contributed by atoms with Gasteiger partial charge in [-0.2, -0.15) is 0 Å². The smallest absolute Gasteiger partial charge is 0.254 e. The highest BCUT2D eigenvalue weighted by Gasteiger charge is 2.32. The van der Waals surface area contributed by atoms with Gasteiger partial charge < -0.3 is 30.1 Å². The summed E-state index contributed by atoms with van der Waals surface area (Å²) < 4.78 is 34.6. The number of benzene rings is 3. The second kappa shape index (κ2) is 12.7. The third-order valence-corrected chi connectivity index (χ3v) is 8.67. The summed E-state index contributed by atoms with van der Waals surface area (Å²) in [4.78, 5) is 32.8. The Hall–Kier alpha value is -4.02. The van der Waals surface area contributed by atoms with E-state index in [0.717, 1.165) is 62.5 Å². The zero-order valence-electron chi connectivity index (χ0n) is 24.5. The van der Waals surface area contributed by atoms with Gasteiger partial charge in [-0.25, -0.2) is 8.78 Å². The largest absolute Gasteiger partial charge is 0.484 e. The molecule has 4 N–H and O–H groups in total. The molecule has 3 saturated heterocycles. The number of quaternary nitrogens is 2. The molecule has 0 spiro atoms. The summed E-state index contributed by atoms with van der Waals surface area (Å²) in [6.07, 6.45) is 1.02. The summed E-state index contributed by atoms with van der Waals surface area (Å²) in [5, 5.41) is 4.44. The monoisotopic (exact) mass is 591 g/mol. The number of hydrogen-bond acceptors (Lipinski definition) is 4. The lowest BCUT2D eigenvalue weighted by Crippen LogP contribution is -2.89. The summed E-state index contributed by atoms with van der Waals surface area (Å²) in [6, 6.07) is 16.0. The van der Waals surface area contributed by atoms with Crippen LogP contribution in [0, 0.1) is 11.6 Å². The third-order valence-electron chi connectivity index (χ3n) is 8.67. The maximum atomic E-state index is 14.6. The number of ether oxygens (including phenoxy) is 1. The first-order valence-corrected chi connectivity index (χ1v) is 15.2. The number of piperazine rings is 2. The van der Waals surface area contributed by atoms with Crippen LogP contribution in [-0.4, -0.2) is 92.7 Å². The average molecular weight is 592 g/mol. The summed E-state index contributed by atoms with van der Waals surface area (Å²) in [7, 11) is 0. The van der Waals surface area contributed by atoms with Crippen LogP contribution in [0.5, 0.6) is 5.75 Å². The molecule has 8 nitrogen and oxygen atoms in total. The predicted molar refractivity (Wildman–Crippen MR) is 159 cm³/mol. The molecule has 0 unspecified atom stereocenters. The van der Waals surface area contributed by atoms with Crippen molar-refractivity contribution in [2.24, 2.45) is 0 Å². The van der Waals surface area contributed by atoms with Gasteiger partial charge in [0.2, 0.25) is 0 Å². The van der Waals surface area contributed by atoms with Gasteiger partial charge in [0.05, 0.1) is 32.7 Å². The molecule has 2 atom stereocenters. The lowest BCUT2D eigenvalue weighted by molar-refractivity contribution is -0.655. The highest BCUT2D eigenvalue weighted by atomic mass is 19.1. The van der Waals surface area contributed by atoms with E-state index in [9.17, 15) is 18.4 Å². The van der Waals surface area contributed by atoms with E-state index in [1.54, 1.807) is 34.1 Å². The molecule has 0 aliphatic carbocycles. The van der Waals surface area contributed by atoms with Crippen molar-refractivity contribution in [2.45, 2.75) is 25.5 Å². The van der Waals surface area contributed by atoms with Crippen molar-refractivity contribution in [3.8, 4) is 16.9 Å². The second-order valence-electron chi connectivity index (χ2n) is 11.7. The minimum absolute atomic E-state index is 0.0823. The Labute approximate surface area is 250 Å². The van der Waals surface area contributed by atoms with E-state index < -0.39 is 5.82 Å². The fourth-order valence-electron chi connectivity index (χ4n) is 6.31. The van der Waals surface area contributed by atoms with Gasteiger partial charge in [0, 0.05) is 54.5 Å². The number of hydrogen-bond donors (Lipinski definition) is 2. The Morgan fingerprint density at radius 1 is 0.814 bits per heavy atom. The van der Waals surface area contributed by atoms with Crippen molar-refractivity contribution in [2.75, 3.05) is 63.8 Å². The molecular formula is C33H39F2N5O3+2. The molecule has 3 fully saturated rings. The lowest BCUT2D eigenvalue weighted by Gasteiger charge is -2.40. The number of carbonyl (C=O) groups excluding carboxylic acids is 2. The van der Waals surface area contributed by atoms with Crippen molar-refractivity contribution in [3.05, 3.63) is 83.4 Å². The second-order valence-corrected chi connectivity index (χ2v) is 11.7. The first-order chi connectivity index (χ1) is 20.9. The molecule has 3 aromatic rings. The number of nitrogens with two attached hydrogens (primary N) is 2. The van der Waals surface area contributed by atoms with Gasteiger partial charge >= 0.3 is 0 Å². The van der Waals surface area contributed by atoms with Crippen molar-refractivity contribution in [3.63, 3.8) is 0 Å². The van der Waals surface area contributed by atoms with Crippen LogP contribution in [0.15, 0.2) is 60.7 Å². The van der Waals surface area contributed by atoms with Gasteiger partial charge in [-0.15, -0.1) is 0 Å². The molecule has 3 heterocycles. The van der Waals surface area contributed by atoms with Crippen molar-refractivity contribution in [1.29, 1.82) is 0 Å². The maximum absolute atomic E-state index is 14.6. The standard InChI is InChI=1S/C33H37F2N5O3/c1-22-21-39(32(41)25-16-27(35)19-28(17-25)38-12-10-36-11-13-38)14-15-40(22)33(42)24-4-7-31(43-29-8-9-37-20-29)30(18-24)23-2-5-26(34)6-3-23/h2-7,16-19,22,29,36-37H,8-15,20-21H2,1H3/p+2/t22-,29-/m0/s1. The van der Waals surface area contributed by atoms with Crippen LogP contribution in [0.3, 0.4) is 0 Å². The molecule has 0 aromatic heterocycles. The van der Waals surface area contributed by atoms with Gasteiger partial charge in [0.15, 0.2) is 6.10 Å². The lowest BCUT2D eigenvalue weighted by atomic mass is 10.00. The molecule has 3 aliphatic rings. The van der Waals surface area contributed by atoms with Crippen LogP contribution in [-0.2, 0) is 0 Å². The number of carbonyl (C=O) groups is 2. The topological polar surface area (TPSA) is 86.3 Å². The van der Waals surface area contributed by atoms with Crippen LogP contribution in [0.4, 0.5) is 14.5 Å². The summed E-state index contributed by atoms with van der Waals surface area (Å²) in [5.74, 6) is -0.451. The Kier molecular flexibility index (Phi) is 8.58. The first kappa shape index (κ1) is 29.1. The van der Waals surface area contributed by atoms with Crippen molar-refractivity contribution in [1.82, 2.24) is 9.80 Å². The number of anilines is 1. The zero-order chi connectivity index (χ0) is 29.9.